The van der Waals surface area contributed by atoms with E-state index in [4.69, 9.17) is 5.11 Å². The van der Waals surface area contributed by atoms with E-state index < -0.39 is 15.8 Å². The fourth-order valence-electron chi connectivity index (χ4n) is 2.58. The van der Waals surface area contributed by atoms with Gasteiger partial charge in [0.15, 0.2) is 9.84 Å². The summed E-state index contributed by atoms with van der Waals surface area (Å²) in [6, 6.07) is -0.303. The lowest BCUT2D eigenvalue weighted by Crippen LogP contribution is -2.38. The number of carboxylic acid groups (broad SMARTS) is 1. The van der Waals surface area contributed by atoms with Crippen molar-refractivity contribution in [1.82, 2.24) is 5.32 Å². The van der Waals surface area contributed by atoms with Crippen molar-refractivity contribution in [3.63, 3.8) is 0 Å². The number of hydrogen-bond donors (Lipinski definition) is 2. The Balaban J connectivity index is 1.81. The van der Waals surface area contributed by atoms with Crippen molar-refractivity contribution >= 4 is 21.7 Å². The first-order valence-corrected chi connectivity index (χ1v) is 8.39. The molecule has 2 atom stereocenters. The fraction of sp³-hybridized carbons (Fsp3) is 0.833. The maximum atomic E-state index is 11.8. The number of carbonyl (C=O) groups excluding carboxylic acids is 1. The lowest BCUT2D eigenvalue weighted by atomic mass is 10.0. The van der Waals surface area contributed by atoms with E-state index in [9.17, 15) is 18.0 Å². The van der Waals surface area contributed by atoms with Gasteiger partial charge in [-0.05, 0) is 31.1 Å². The highest BCUT2D eigenvalue weighted by atomic mass is 32.2. The highest BCUT2D eigenvalue weighted by Crippen LogP contribution is 2.34. The van der Waals surface area contributed by atoms with Crippen LogP contribution < -0.4 is 5.32 Å². The molecule has 108 valence electrons. The largest absolute Gasteiger partial charge is 0.481 e. The molecule has 6 nitrogen and oxygen atoms in total. The quantitative estimate of drug-likeness (QED) is 0.726. The predicted octanol–water partition coefficient (Wildman–Crippen LogP) is 0.181. The Morgan fingerprint density at radius 1 is 1.26 bits per heavy atom. The summed E-state index contributed by atoms with van der Waals surface area (Å²) in [5, 5.41) is 11.5. The first kappa shape index (κ1) is 14.3. The molecule has 1 saturated heterocycles. The maximum Gasteiger partial charge on any atom is 0.305 e. The SMILES string of the molecule is O=C(O)CC(NC(=O)CC1CCS(=O)(=O)C1)C1CC1. The van der Waals surface area contributed by atoms with E-state index in [1.807, 2.05) is 0 Å². The molecule has 1 saturated carbocycles. The van der Waals surface area contributed by atoms with Gasteiger partial charge in [-0.1, -0.05) is 0 Å². The molecule has 0 spiro atoms. The third-order valence-corrected chi connectivity index (χ3v) is 5.57. The van der Waals surface area contributed by atoms with Gasteiger partial charge in [-0.2, -0.15) is 0 Å². The van der Waals surface area contributed by atoms with Crippen molar-refractivity contribution in [2.75, 3.05) is 11.5 Å². The number of sulfone groups is 1. The molecule has 1 heterocycles. The van der Waals surface area contributed by atoms with Crippen LogP contribution in [-0.4, -0.2) is 42.9 Å². The molecule has 0 radical (unpaired) electrons. The van der Waals surface area contributed by atoms with E-state index in [0.29, 0.717) is 6.42 Å². The molecule has 0 aromatic carbocycles. The number of hydrogen-bond acceptors (Lipinski definition) is 4. The summed E-state index contributed by atoms with van der Waals surface area (Å²) in [6.45, 7) is 0. The Bertz CT molecular complexity index is 469. The van der Waals surface area contributed by atoms with Crippen molar-refractivity contribution in [1.29, 1.82) is 0 Å². The minimum absolute atomic E-state index is 0.0562. The first-order chi connectivity index (χ1) is 8.85. The van der Waals surface area contributed by atoms with Crippen molar-refractivity contribution in [3.8, 4) is 0 Å². The molecule has 19 heavy (non-hydrogen) atoms. The van der Waals surface area contributed by atoms with Gasteiger partial charge in [-0.3, -0.25) is 9.59 Å². The molecular formula is C12H19NO5S. The average molecular weight is 289 g/mol. The van der Waals surface area contributed by atoms with Crippen molar-refractivity contribution in [2.45, 2.75) is 38.1 Å². The monoisotopic (exact) mass is 289 g/mol. The summed E-state index contributed by atoms with van der Waals surface area (Å²) in [5.41, 5.74) is 0. The molecule has 2 unspecified atom stereocenters. The molecule has 0 aromatic rings. The predicted molar refractivity (Wildman–Crippen MR) is 68.3 cm³/mol. The number of amides is 1. The Kier molecular flexibility index (Phi) is 4.13. The van der Waals surface area contributed by atoms with Gasteiger partial charge in [0, 0.05) is 12.5 Å². The fourth-order valence-corrected chi connectivity index (χ4v) is 4.45. The minimum atomic E-state index is -2.97. The zero-order valence-corrected chi connectivity index (χ0v) is 11.5. The molecule has 1 aliphatic heterocycles. The van der Waals surface area contributed by atoms with Gasteiger partial charge < -0.3 is 10.4 Å². The van der Waals surface area contributed by atoms with Gasteiger partial charge in [0.25, 0.3) is 0 Å². The molecule has 7 heteroatoms. The number of carbonyl (C=O) groups is 2. The maximum absolute atomic E-state index is 11.8. The van der Waals surface area contributed by atoms with Crippen LogP contribution in [0.5, 0.6) is 0 Å². The van der Waals surface area contributed by atoms with E-state index in [-0.39, 0.29) is 48.1 Å². The Morgan fingerprint density at radius 2 is 1.95 bits per heavy atom. The minimum Gasteiger partial charge on any atom is -0.481 e. The molecule has 1 amide bonds. The van der Waals surface area contributed by atoms with Gasteiger partial charge >= 0.3 is 5.97 Å². The zero-order chi connectivity index (χ0) is 14.0. The zero-order valence-electron chi connectivity index (χ0n) is 10.7. The van der Waals surface area contributed by atoms with Crippen LogP contribution in [0.3, 0.4) is 0 Å². The summed E-state index contributed by atoms with van der Waals surface area (Å²) in [4.78, 5) is 22.6. The molecule has 0 bridgehead atoms. The van der Waals surface area contributed by atoms with Crippen LogP contribution in [0.25, 0.3) is 0 Å². The van der Waals surface area contributed by atoms with E-state index in [1.165, 1.54) is 0 Å². The smallest absolute Gasteiger partial charge is 0.305 e. The van der Waals surface area contributed by atoms with E-state index in [2.05, 4.69) is 5.32 Å². The first-order valence-electron chi connectivity index (χ1n) is 6.57. The van der Waals surface area contributed by atoms with Crippen LogP contribution in [0.15, 0.2) is 0 Å². The molecule has 2 rings (SSSR count). The topological polar surface area (TPSA) is 101 Å². The standard InChI is InChI=1S/C12H19NO5S/c14-11(5-8-3-4-19(17,18)7-8)13-10(6-12(15)16)9-1-2-9/h8-10H,1-7H2,(H,13,14)(H,15,16). The second kappa shape index (κ2) is 5.48. The normalized spacial score (nSPS) is 26.8. The molecular weight excluding hydrogens is 270 g/mol. The Morgan fingerprint density at radius 3 is 2.42 bits per heavy atom. The van der Waals surface area contributed by atoms with Crippen molar-refractivity contribution < 1.29 is 23.1 Å². The number of rotatable bonds is 6. The van der Waals surface area contributed by atoms with Gasteiger partial charge in [0.05, 0.1) is 17.9 Å². The van der Waals surface area contributed by atoms with Gasteiger partial charge in [-0.25, -0.2) is 8.42 Å². The number of nitrogens with one attached hydrogen (secondary N) is 1. The van der Waals surface area contributed by atoms with Crippen LogP contribution in [0.1, 0.15) is 32.1 Å². The lowest BCUT2D eigenvalue weighted by molar-refractivity contribution is -0.137. The second-order valence-corrected chi connectivity index (χ2v) is 7.81. The van der Waals surface area contributed by atoms with Crippen LogP contribution >= 0.6 is 0 Å². The third kappa shape index (κ3) is 4.49. The lowest BCUT2D eigenvalue weighted by Gasteiger charge is -2.17. The molecule has 0 aromatic heterocycles. The highest BCUT2D eigenvalue weighted by Gasteiger charge is 2.35. The molecule has 2 aliphatic rings. The third-order valence-electron chi connectivity index (χ3n) is 3.73. The van der Waals surface area contributed by atoms with E-state index >= 15 is 0 Å². The number of carboxylic acids is 1. The van der Waals surface area contributed by atoms with Crippen molar-refractivity contribution in [2.24, 2.45) is 11.8 Å². The van der Waals surface area contributed by atoms with Gasteiger partial charge in [0.1, 0.15) is 0 Å². The molecule has 2 fully saturated rings. The molecule has 2 N–H and O–H groups in total. The van der Waals surface area contributed by atoms with Crippen LogP contribution in [0.2, 0.25) is 0 Å². The summed E-state index contributed by atoms with van der Waals surface area (Å²) >= 11 is 0. The van der Waals surface area contributed by atoms with E-state index in [1.54, 1.807) is 0 Å². The van der Waals surface area contributed by atoms with Crippen LogP contribution in [0, 0.1) is 11.8 Å². The summed E-state index contributed by atoms with van der Waals surface area (Å²) in [5.74, 6) is -0.748. The highest BCUT2D eigenvalue weighted by molar-refractivity contribution is 7.91. The summed E-state index contributed by atoms with van der Waals surface area (Å²) < 4.78 is 22.6. The Labute approximate surface area is 112 Å². The summed E-state index contributed by atoms with van der Waals surface area (Å²) in [7, 11) is -2.97. The average Bonchev–Trinajstić information content (AvgIpc) is 3.03. The van der Waals surface area contributed by atoms with Gasteiger partial charge in [-0.15, -0.1) is 0 Å². The van der Waals surface area contributed by atoms with Crippen LogP contribution in [0.4, 0.5) is 0 Å². The number of aliphatic carboxylic acids is 1. The Hall–Kier alpha value is -1.11. The van der Waals surface area contributed by atoms with Crippen LogP contribution in [-0.2, 0) is 19.4 Å². The summed E-state index contributed by atoms with van der Waals surface area (Å²) in [6.07, 6.45) is 2.57. The van der Waals surface area contributed by atoms with E-state index in [0.717, 1.165) is 12.8 Å². The molecule has 1 aliphatic carbocycles. The van der Waals surface area contributed by atoms with Crippen molar-refractivity contribution in [3.05, 3.63) is 0 Å². The van der Waals surface area contributed by atoms with Gasteiger partial charge in [0.2, 0.25) is 5.91 Å². The second-order valence-electron chi connectivity index (χ2n) is 5.58.